The lowest BCUT2D eigenvalue weighted by Crippen LogP contribution is -2.41. The first-order chi connectivity index (χ1) is 12.3. The summed E-state index contributed by atoms with van der Waals surface area (Å²) in [5.41, 5.74) is 1.19. The monoisotopic (exact) mass is 470 g/mol. The standard InChI is InChI=1S/C18H26N6O.HI/c1-3-17-23-21-13-24(17)11-10-20-18(19-4-2)22-15-9-12-25-16-8-6-5-7-14(15)16;/h5-8,13,15H,3-4,9-12H2,1-2H3,(H2,19,20,22);1H. The second-order valence-electron chi connectivity index (χ2n) is 5.93. The molecule has 1 atom stereocenters. The van der Waals surface area contributed by atoms with Crippen LogP contribution in [0.15, 0.2) is 35.6 Å². The van der Waals surface area contributed by atoms with Gasteiger partial charge in [0.1, 0.15) is 17.9 Å². The fourth-order valence-electron chi connectivity index (χ4n) is 2.99. The van der Waals surface area contributed by atoms with Crippen molar-refractivity contribution < 1.29 is 4.74 Å². The third-order valence-electron chi connectivity index (χ3n) is 4.24. The summed E-state index contributed by atoms with van der Waals surface area (Å²) in [4.78, 5) is 4.71. The van der Waals surface area contributed by atoms with E-state index in [9.17, 15) is 0 Å². The number of benzene rings is 1. The van der Waals surface area contributed by atoms with Crippen molar-refractivity contribution in [2.24, 2.45) is 4.99 Å². The lowest BCUT2D eigenvalue weighted by Gasteiger charge is -2.28. The molecule has 142 valence electrons. The summed E-state index contributed by atoms with van der Waals surface area (Å²) in [5, 5.41) is 14.9. The van der Waals surface area contributed by atoms with Crippen molar-refractivity contribution in [2.75, 3.05) is 19.7 Å². The molecular formula is C18H27IN6O. The Bertz CT molecular complexity index is 717. The van der Waals surface area contributed by atoms with Gasteiger partial charge in [-0.25, -0.2) is 0 Å². The van der Waals surface area contributed by atoms with E-state index in [1.54, 1.807) is 6.33 Å². The zero-order chi connectivity index (χ0) is 17.5. The highest BCUT2D eigenvalue weighted by atomic mass is 127. The third-order valence-corrected chi connectivity index (χ3v) is 4.24. The summed E-state index contributed by atoms with van der Waals surface area (Å²) in [7, 11) is 0. The summed E-state index contributed by atoms with van der Waals surface area (Å²) in [6.45, 7) is 7.14. The van der Waals surface area contributed by atoms with E-state index in [1.165, 1.54) is 5.56 Å². The molecule has 0 spiro atoms. The number of ether oxygens (including phenoxy) is 1. The molecule has 0 fully saturated rings. The molecule has 1 unspecified atom stereocenters. The molecular weight excluding hydrogens is 443 g/mol. The molecule has 2 aromatic rings. The van der Waals surface area contributed by atoms with Gasteiger partial charge in [0.2, 0.25) is 0 Å². The average molecular weight is 470 g/mol. The van der Waals surface area contributed by atoms with Crippen LogP contribution in [0.4, 0.5) is 0 Å². The molecule has 7 nitrogen and oxygen atoms in total. The minimum Gasteiger partial charge on any atom is -0.493 e. The Morgan fingerprint density at radius 3 is 3.00 bits per heavy atom. The number of aliphatic imine (C=N–C) groups is 1. The summed E-state index contributed by atoms with van der Waals surface area (Å²) in [5.74, 6) is 2.78. The normalized spacial score (nSPS) is 16.2. The van der Waals surface area contributed by atoms with Crippen LogP contribution in [0, 0.1) is 0 Å². The maximum absolute atomic E-state index is 5.73. The van der Waals surface area contributed by atoms with Crippen LogP contribution in [0.1, 0.15) is 37.7 Å². The van der Waals surface area contributed by atoms with Crippen molar-refractivity contribution in [3.63, 3.8) is 0 Å². The van der Waals surface area contributed by atoms with Gasteiger partial charge in [-0.1, -0.05) is 25.1 Å². The Hall–Kier alpha value is -1.84. The van der Waals surface area contributed by atoms with Gasteiger partial charge in [-0.05, 0) is 13.0 Å². The first kappa shape index (κ1) is 20.5. The van der Waals surface area contributed by atoms with E-state index in [1.807, 2.05) is 18.2 Å². The summed E-state index contributed by atoms with van der Waals surface area (Å²) < 4.78 is 7.79. The van der Waals surface area contributed by atoms with Gasteiger partial charge >= 0.3 is 0 Å². The van der Waals surface area contributed by atoms with Gasteiger partial charge < -0.3 is 19.9 Å². The number of guanidine groups is 1. The number of nitrogens with zero attached hydrogens (tertiary/aromatic N) is 4. The number of para-hydroxylation sites is 1. The number of halogens is 1. The van der Waals surface area contributed by atoms with Crippen LogP contribution < -0.4 is 15.4 Å². The molecule has 2 heterocycles. The quantitative estimate of drug-likeness (QED) is 0.386. The highest BCUT2D eigenvalue weighted by molar-refractivity contribution is 14.0. The fraction of sp³-hybridized carbons (Fsp3) is 0.500. The topological polar surface area (TPSA) is 76.4 Å². The lowest BCUT2D eigenvalue weighted by atomic mass is 10.0. The van der Waals surface area contributed by atoms with Gasteiger partial charge in [-0.15, -0.1) is 34.2 Å². The van der Waals surface area contributed by atoms with E-state index in [-0.39, 0.29) is 30.0 Å². The first-order valence-corrected chi connectivity index (χ1v) is 8.95. The maximum atomic E-state index is 5.73. The highest BCUT2D eigenvalue weighted by Gasteiger charge is 2.21. The van der Waals surface area contributed by atoms with Crippen LogP contribution in [0.25, 0.3) is 0 Å². The molecule has 1 aromatic carbocycles. The maximum Gasteiger partial charge on any atom is 0.191 e. The van der Waals surface area contributed by atoms with Crippen LogP contribution in [0.5, 0.6) is 5.75 Å². The number of hydrogen-bond donors (Lipinski definition) is 2. The predicted molar refractivity (Wildman–Crippen MR) is 113 cm³/mol. The summed E-state index contributed by atoms with van der Waals surface area (Å²) in [6, 6.07) is 8.39. The Balaban J connectivity index is 0.00000243. The third kappa shape index (κ3) is 5.09. The minimum absolute atomic E-state index is 0. The Kier molecular flexibility index (Phi) is 8.14. The number of aromatic nitrogens is 3. The molecule has 1 aliphatic rings. The molecule has 0 aliphatic carbocycles. The van der Waals surface area contributed by atoms with Crippen LogP contribution in [-0.4, -0.2) is 40.4 Å². The van der Waals surface area contributed by atoms with E-state index >= 15 is 0 Å². The highest BCUT2D eigenvalue weighted by Crippen LogP contribution is 2.31. The van der Waals surface area contributed by atoms with Crippen LogP contribution in [-0.2, 0) is 13.0 Å². The zero-order valence-electron chi connectivity index (χ0n) is 15.3. The van der Waals surface area contributed by atoms with Crippen molar-refractivity contribution in [3.8, 4) is 5.75 Å². The molecule has 26 heavy (non-hydrogen) atoms. The van der Waals surface area contributed by atoms with Crippen molar-refractivity contribution >= 4 is 29.9 Å². The predicted octanol–water partition coefficient (Wildman–Crippen LogP) is 2.54. The molecule has 0 saturated heterocycles. The van der Waals surface area contributed by atoms with E-state index in [0.29, 0.717) is 13.2 Å². The molecule has 0 radical (unpaired) electrons. The Labute approximate surface area is 171 Å². The Morgan fingerprint density at radius 1 is 1.35 bits per heavy atom. The van der Waals surface area contributed by atoms with E-state index in [0.717, 1.165) is 43.5 Å². The molecule has 1 aromatic heterocycles. The minimum atomic E-state index is 0. The first-order valence-electron chi connectivity index (χ1n) is 8.95. The van der Waals surface area contributed by atoms with E-state index < -0.39 is 0 Å². The molecule has 3 rings (SSSR count). The molecule has 8 heteroatoms. The average Bonchev–Trinajstić information content (AvgIpc) is 3.10. The second kappa shape index (κ2) is 10.3. The zero-order valence-corrected chi connectivity index (χ0v) is 17.6. The van der Waals surface area contributed by atoms with Gasteiger partial charge in [-0.2, -0.15) is 0 Å². The molecule has 0 bridgehead atoms. The van der Waals surface area contributed by atoms with Gasteiger partial charge in [0, 0.05) is 31.5 Å². The molecule has 1 aliphatic heterocycles. The second-order valence-corrected chi connectivity index (χ2v) is 5.93. The summed E-state index contributed by atoms with van der Waals surface area (Å²) >= 11 is 0. The molecule has 0 amide bonds. The number of nitrogens with one attached hydrogen (secondary N) is 2. The van der Waals surface area contributed by atoms with Gasteiger partial charge in [0.15, 0.2) is 5.96 Å². The largest absolute Gasteiger partial charge is 0.493 e. The number of hydrogen-bond acceptors (Lipinski definition) is 4. The van der Waals surface area contributed by atoms with Gasteiger partial charge in [0.25, 0.3) is 0 Å². The van der Waals surface area contributed by atoms with E-state index in [4.69, 9.17) is 9.73 Å². The van der Waals surface area contributed by atoms with E-state index in [2.05, 4.69) is 45.3 Å². The van der Waals surface area contributed by atoms with Crippen molar-refractivity contribution in [1.29, 1.82) is 0 Å². The SMILES string of the molecule is CCNC(=NCCn1cnnc1CC)NC1CCOc2ccccc21.I. The van der Waals surface area contributed by atoms with Crippen molar-refractivity contribution in [3.05, 3.63) is 42.0 Å². The number of rotatable bonds is 6. The Morgan fingerprint density at radius 2 is 2.19 bits per heavy atom. The van der Waals surface area contributed by atoms with Gasteiger partial charge in [-0.3, -0.25) is 4.99 Å². The van der Waals surface area contributed by atoms with Gasteiger partial charge in [0.05, 0.1) is 19.2 Å². The van der Waals surface area contributed by atoms with Crippen LogP contribution in [0.2, 0.25) is 0 Å². The van der Waals surface area contributed by atoms with Crippen molar-refractivity contribution in [1.82, 2.24) is 25.4 Å². The smallest absolute Gasteiger partial charge is 0.191 e. The summed E-state index contributed by atoms with van der Waals surface area (Å²) in [6.07, 6.45) is 3.57. The van der Waals surface area contributed by atoms with Crippen LogP contribution in [0.3, 0.4) is 0 Å². The fourth-order valence-corrected chi connectivity index (χ4v) is 2.99. The molecule has 0 saturated carbocycles. The number of aryl methyl sites for hydroxylation is 1. The van der Waals surface area contributed by atoms with Crippen molar-refractivity contribution in [2.45, 2.75) is 39.3 Å². The lowest BCUT2D eigenvalue weighted by molar-refractivity contribution is 0.261. The molecule has 2 N–H and O–H groups in total. The van der Waals surface area contributed by atoms with Crippen LogP contribution >= 0.6 is 24.0 Å². The number of fused-ring (bicyclic) bond motifs is 1.